The van der Waals surface area contributed by atoms with E-state index in [2.05, 4.69) is 11.3 Å². The summed E-state index contributed by atoms with van der Waals surface area (Å²) < 4.78 is 4.69. The molecular formula is C10H18O3. The molecule has 0 heterocycles. The van der Waals surface area contributed by atoms with E-state index >= 15 is 0 Å². The van der Waals surface area contributed by atoms with Crippen LogP contribution in [0.3, 0.4) is 0 Å². The predicted octanol–water partition coefficient (Wildman–Crippen LogP) is 1.66. The van der Waals surface area contributed by atoms with Crippen LogP contribution in [0.25, 0.3) is 0 Å². The van der Waals surface area contributed by atoms with E-state index in [-0.39, 0.29) is 0 Å². The second kappa shape index (κ2) is 9.26. The van der Waals surface area contributed by atoms with Crippen molar-refractivity contribution in [2.45, 2.75) is 32.1 Å². The highest BCUT2D eigenvalue weighted by atomic mass is 16.5. The zero-order valence-corrected chi connectivity index (χ0v) is 8.00. The number of unbranched alkanes of at least 4 members (excludes halogenated alkanes) is 4. The highest BCUT2D eigenvalue weighted by molar-refractivity contribution is 5.70. The lowest BCUT2D eigenvalue weighted by molar-refractivity contribution is -0.147. The van der Waals surface area contributed by atoms with Gasteiger partial charge in [-0.05, 0) is 19.3 Å². The Kier molecular flexibility index (Phi) is 8.67. The lowest BCUT2D eigenvalue weighted by Gasteiger charge is -2.01. The number of esters is 1. The van der Waals surface area contributed by atoms with Crippen LogP contribution in [0.15, 0.2) is 12.7 Å². The summed E-state index contributed by atoms with van der Waals surface area (Å²) in [4.78, 5) is 10.5. The Labute approximate surface area is 79.4 Å². The molecule has 3 heteroatoms. The van der Waals surface area contributed by atoms with Crippen molar-refractivity contribution in [3.63, 3.8) is 0 Å². The normalized spacial score (nSPS) is 9.62. The molecule has 0 aromatic carbocycles. The van der Waals surface area contributed by atoms with Crippen LogP contribution in [0.4, 0.5) is 0 Å². The Balaban J connectivity index is 2.99. The topological polar surface area (TPSA) is 46.5 Å². The van der Waals surface area contributed by atoms with E-state index in [9.17, 15) is 4.79 Å². The molecule has 1 N–H and O–H groups in total. The van der Waals surface area contributed by atoms with Crippen LogP contribution in [0, 0.1) is 0 Å². The van der Waals surface area contributed by atoms with Gasteiger partial charge < -0.3 is 9.84 Å². The van der Waals surface area contributed by atoms with Gasteiger partial charge in [-0.1, -0.05) is 18.9 Å². The summed E-state index contributed by atoms with van der Waals surface area (Å²) in [6.07, 6.45) is 7.19. The van der Waals surface area contributed by atoms with Crippen LogP contribution < -0.4 is 0 Å². The van der Waals surface area contributed by atoms with Crippen molar-refractivity contribution in [3.05, 3.63) is 12.7 Å². The van der Waals surface area contributed by atoms with Gasteiger partial charge in [0.2, 0.25) is 0 Å². The summed E-state index contributed by atoms with van der Waals surface area (Å²) in [5.74, 6) is -0.536. The zero-order valence-electron chi connectivity index (χ0n) is 8.00. The van der Waals surface area contributed by atoms with Crippen LogP contribution in [-0.4, -0.2) is 24.3 Å². The largest absolute Gasteiger partial charge is 0.464 e. The number of aliphatic hydroxyl groups is 1. The van der Waals surface area contributed by atoms with Gasteiger partial charge in [-0.15, -0.1) is 6.58 Å². The summed E-state index contributed by atoms with van der Waals surface area (Å²) in [7, 11) is 0. The SMILES string of the molecule is C=CCCCCCCOC(=O)CO. The van der Waals surface area contributed by atoms with Crippen LogP contribution >= 0.6 is 0 Å². The lowest BCUT2D eigenvalue weighted by atomic mass is 10.1. The fraction of sp³-hybridized carbons (Fsp3) is 0.700. The summed E-state index contributed by atoms with van der Waals surface area (Å²) in [6.45, 7) is 3.54. The van der Waals surface area contributed by atoms with Crippen molar-refractivity contribution < 1.29 is 14.6 Å². The number of carbonyl (C=O) groups is 1. The molecule has 0 aromatic rings. The van der Waals surface area contributed by atoms with Crippen LogP contribution in [0.1, 0.15) is 32.1 Å². The molecule has 76 valence electrons. The maximum absolute atomic E-state index is 10.5. The molecule has 0 saturated heterocycles. The first-order valence-corrected chi connectivity index (χ1v) is 4.68. The molecule has 0 bridgehead atoms. The predicted molar refractivity (Wildman–Crippen MR) is 51.3 cm³/mol. The minimum Gasteiger partial charge on any atom is -0.464 e. The molecule has 3 nitrogen and oxygen atoms in total. The third-order valence-electron chi connectivity index (χ3n) is 1.69. The second-order valence-electron chi connectivity index (χ2n) is 2.87. The first kappa shape index (κ1) is 12.2. The maximum Gasteiger partial charge on any atom is 0.331 e. The third-order valence-corrected chi connectivity index (χ3v) is 1.69. The fourth-order valence-corrected chi connectivity index (χ4v) is 0.976. The number of ether oxygens (including phenoxy) is 1. The molecule has 0 saturated carbocycles. The van der Waals surface area contributed by atoms with E-state index in [1.807, 2.05) is 6.08 Å². The molecule has 0 aromatic heterocycles. The van der Waals surface area contributed by atoms with E-state index in [0.717, 1.165) is 32.1 Å². The van der Waals surface area contributed by atoms with Gasteiger partial charge in [0.05, 0.1) is 6.61 Å². The van der Waals surface area contributed by atoms with Gasteiger partial charge in [0, 0.05) is 0 Å². The second-order valence-corrected chi connectivity index (χ2v) is 2.87. The molecular weight excluding hydrogens is 168 g/mol. The summed E-state index contributed by atoms with van der Waals surface area (Å²) >= 11 is 0. The number of aliphatic hydroxyl groups excluding tert-OH is 1. The maximum atomic E-state index is 10.5. The lowest BCUT2D eigenvalue weighted by Crippen LogP contribution is -2.09. The average Bonchev–Trinajstić information content (AvgIpc) is 2.16. The quantitative estimate of drug-likeness (QED) is 0.356. The van der Waals surface area contributed by atoms with Crippen molar-refractivity contribution >= 4 is 5.97 Å². The van der Waals surface area contributed by atoms with Crippen molar-refractivity contribution in [3.8, 4) is 0 Å². The molecule has 0 aliphatic carbocycles. The Hall–Kier alpha value is -0.830. The summed E-state index contributed by atoms with van der Waals surface area (Å²) in [5.41, 5.74) is 0. The monoisotopic (exact) mass is 186 g/mol. The molecule has 0 unspecified atom stereocenters. The van der Waals surface area contributed by atoms with E-state index in [4.69, 9.17) is 5.11 Å². The Morgan fingerprint density at radius 2 is 2.00 bits per heavy atom. The summed E-state index contributed by atoms with van der Waals surface area (Å²) in [6, 6.07) is 0. The highest BCUT2D eigenvalue weighted by Gasteiger charge is 1.97. The first-order chi connectivity index (χ1) is 6.31. The first-order valence-electron chi connectivity index (χ1n) is 4.68. The molecule has 0 aliphatic rings. The van der Waals surface area contributed by atoms with E-state index < -0.39 is 12.6 Å². The van der Waals surface area contributed by atoms with Gasteiger partial charge in [-0.25, -0.2) is 4.79 Å². The molecule has 0 spiro atoms. The van der Waals surface area contributed by atoms with Gasteiger partial charge in [0.1, 0.15) is 6.61 Å². The smallest absolute Gasteiger partial charge is 0.331 e. The summed E-state index contributed by atoms with van der Waals surface area (Å²) in [5, 5.41) is 8.32. The molecule has 0 radical (unpaired) electrons. The van der Waals surface area contributed by atoms with Crippen LogP contribution in [0.5, 0.6) is 0 Å². The molecule has 0 fully saturated rings. The van der Waals surface area contributed by atoms with Gasteiger partial charge in [-0.3, -0.25) is 0 Å². The van der Waals surface area contributed by atoms with Gasteiger partial charge >= 0.3 is 5.97 Å². The van der Waals surface area contributed by atoms with Crippen molar-refractivity contribution in [2.75, 3.05) is 13.2 Å². The number of allylic oxidation sites excluding steroid dienone is 1. The van der Waals surface area contributed by atoms with Crippen molar-refractivity contribution in [1.29, 1.82) is 0 Å². The zero-order chi connectivity index (χ0) is 9.94. The average molecular weight is 186 g/mol. The minimum atomic E-state index is -0.536. The number of hydrogen-bond donors (Lipinski definition) is 1. The number of hydrogen-bond acceptors (Lipinski definition) is 3. The molecule has 0 rings (SSSR count). The molecule has 13 heavy (non-hydrogen) atoms. The Morgan fingerprint density at radius 3 is 2.62 bits per heavy atom. The highest BCUT2D eigenvalue weighted by Crippen LogP contribution is 2.03. The van der Waals surface area contributed by atoms with E-state index in [0.29, 0.717) is 6.61 Å². The third kappa shape index (κ3) is 9.08. The van der Waals surface area contributed by atoms with Crippen molar-refractivity contribution in [2.24, 2.45) is 0 Å². The number of carbonyl (C=O) groups excluding carboxylic acids is 1. The molecule has 0 aliphatic heterocycles. The standard InChI is InChI=1S/C10H18O3/c1-2-3-4-5-6-7-8-13-10(12)9-11/h2,11H,1,3-9H2. The van der Waals surface area contributed by atoms with Gasteiger partial charge in [0.15, 0.2) is 0 Å². The number of rotatable bonds is 8. The van der Waals surface area contributed by atoms with Gasteiger partial charge in [0.25, 0.3) is 0 Å². The molecule has 0 amide bonds. The molecule has 0 atom stereocenters. The van der Waals surface area contributed by atoms with Crippen molar-refractivity contribution in [1.82, 2.24) is 0 Å². The Bertz CT molecular complexity index is 143. The van der Waals surface area contributed by atoms with E-state index in [1.165, 1.54) is 0 Å². The van der Waals surface area contributed by atoms with Crippen LogP contribution in [0.2, 0.25) is 0 Å². The Morgan fingerprint density at radius 1 is 1.31 bits per heavy atom. The van der Waals surface area contributed by atoms with Gasteiger partial charge in [-0.2, -0.15) is 0 Å². The minimum absolute atomic E-state index is 0.424. The van der Waals surface area contributed by atoms with Crippen LogP contribution in [-0.2, 0) is 9.53 Å². The van der Waals surface area contributed by atoms with E-state index in [1.54, 1.807) is 0 Å². The fourth-order valence-electron chi connectivity index (χ4n) is 0.976.